The predicted molar refractivity (Wildman–Crippen MR) is 73.5 cm³/mol. The Balaban J connectivity index is 3.26. The normalized spacial score (nSPS) is 11.4. The molecule has 0 fully saturated rings. The number of hydrogen-bond acceptors (Lipinski definition) is 2. The van der Waals surface area contributed by atoms with Gasteiger partial charge < -0.3 is 9.84 Å². The van der Waals surface area contributed by atoms with Gasteiger partial charge in [0.15, 0.2) is 5.75 Å². The van der Waals surface area contributed by atoms with Crippen molar-refractivity contribution in [3.63, 3.8) is 0 Å². The Morgan fingerprint density at radius 2 is 1.94 bits per heavy atom. The molecule has 0 aromatic heterocycles. The number of hydrogen-bond donors (Lipinski definition) is 1. The number of allylic oxidation sites excluding steroid dienone is 1. The second-order valence-electron chi connectivity index (χ2n) is 3.73. The van der Waals surface area contributed by atoms with Gasteiger partial charge >= 0.3 is 5.97 Å². The van der Waals surface area contributed by atoms with E-state index in [9.17, 15) is 4.79 Å². The van der Waals surface area contributed by atoms with Gasteiger partial charge in [-0.25, -0.2) is 4.79 Å². The van der Waals surface area contributed by atoms with Crippen LogP contribution in [0.15, 0.2) is 18.2 Å². The summed E-state index contributed by atoms with van der Waals surface area (Å²) in [5.74, 6) is -0.588. The molecule has 0 radical (unpaired) electrons. The minimum atomic E-state index is -0.985. The van der Waals surface area contributed by atoms with Crippen LogP contribution < -0.4 is 4.74 Å². The van der Waals surface area contributed by atoms with Gasteiger partial charge in [0.1, 0.15) is 0 Å². The number of carbonyl (C=O) groups is 1. The largest absolute Gasteiger partial charge is 0.494 e. The summed E-state index contributed by atoms with van der Waals surface area (Å²) >= 11 is 12.1. The summed E-state index contributed by atoms with van der Waals surface area (Å²) in [6, 6.07) is 3.33. The Morgan fingerprint density at radius 1 is 1.39 bits per heavy atom. The van der Waals surface area contributed by atoms with Gasteiger partial charge in [-0.05, 0) is 29.7 Å². The van der Waals surface area contributed by atoms with Gasteiger partial charge in [0.25, 0.3) is 0 Å². The van der Waals surface area contributed by atoms with Crippen molar-refractivity contribution in [3.05, 3.63) is 33.8 Å². The maximum Gasteiger partial charge on any atom is 0.328 e. The highest BCUT2D eigenvalue weighted by Crippen LogP contribution is 2.36. The molecule has 0 aliphatic rings. The summed E-state index contributed by atoms with van der Waals surface area (Å²) < 4.78 is 5.05. The molecule has 1 aromatic carbocycles. The molecule has 5 heteroatoms. The first kappa shape index (κ1) is 14.9. The van der Waals surface area contributed by atoms with E-state index >= 15 is 0 Å². The third kappa shape index (κ3) is 3.65. The van der Waals surface area contributed by atoms with Crippen LogP contribution in [0.5, 0.6) is 5.75 Å². The van der Waals surface area contributed by atoms with Gasteiger partial charge in [-0.1, -0.05) is 36.5 Å². The quantitative estimate of drug-likeness (QED) is 0.823. The third-order valence-corrected chi connectivity index (χ3v) is 2.95. The van der Waals surface area contributed by atoms with Gasteiger partial charge in [0.05, 0.1) is 17.2 Å². The molecule has 0 amide bonds. The van der Waals surface area contributed by atoms with E-state index in [4.69, 9.17) is 33.0 Å². The zero-order valence-electron chi connectivity index (χ0n) is 10.2. The number of ether oxygens (including phenoxy) is 1. The van der Waals surface area contributed by atoms with E-state index in [2.05, 4.69) is 0 Å². The summed E-state index contributed by atoms with van der Waals surface area (Å²) in [4.78, 5) is 10.8. The van der Waals surface area contributed by atoms with Crippen LogP contribution >= 0.6 is 23.2 Å². The Labute approximate surface area is 116 Å². The fourth-order valence-corrected chi connectivity index (χ4v) is 2.30. The number of methoxy groups -OCH3 is 1. The van der Waals surface area contributed by atoms with Crippen molar-refractivity contribution in [1.82, 2.24) is 0 Å². The topological polar surface area (TPSA) is 46.5 Å². The maximum absolute atomic E-state index is 10.8. The lowest BCUT2D eigenvalue weighted by Crippen LogP contribution is -1.94. The van der Waals surface area contributed by atoms with Gasteiger partial charge in [-0.15, -0.1) is 0 Å². The summed E-state index contributed by atoms with van der Waals surface area (Å²) in [6.07, 6.45) is 2.66. The zero-order chi connectivity index (χ0) is 13.7. The molecular weight excluding hydrogens is 275 g/mol. The number of halogens is 2. The van der Waals surface area contributed by atoms with E-state index in [1.165, 1.54) is 13.2 Å². The van der Waals surface area contributed by atoms with E-state index in [1.54, 1.807) is 12.1 Å². The van der Waals surface area contributed by atoms with Crippen LogP contribution in [0, 0.1) is 0 Å². The highest BCUT2D eigenvalue weighted by atomic mass is 35.5. The Kier molecular flexibility index (Phi) is 5.51. The van der Waals surface area contributed by atoms with Crippen LogP contribution in [0.3, 0.4) is 0 Å². The monoisotopic (exact) mass is 288 g/mol. The van der Waals surface area contributed by atoms with Crippen molar-refractivity contribution >= 4 is 34.7 Å². The molecule has 0 unspecified atom stereocenters. The molecule has 0 saturated carbocycles. The third-order valence-electron chi connectivity index (χ3n) is 2.39. The van der Waals surface area contributed by atoms with Crippen LogP contribution in [0.1, 0.15) is 25.3 Å². The minimum Gasteiger partial charge on any atom is -0.494 e. The van der Waals surface area contributed by atoms with Crippen LogP contribution in [0.2, 0.25) is 10.0 Å². The van der Waals surface area contributed by atoms with E-state index in [0.717, 1.165) is 6.42 Å². The molecule has 0 heterocycles. The molecule has 18 heavy (non-hydrogen) atoms. The van der Waals surface area contributed by atoms with Gasteiger partial charge in [-0.2, -0.15) is 0 Å². The smallest absolute Gasteiger partial charge is 0.328 e. The molecule has 1 rings (SSSR count). The second-order valence-corrected chi connectivity index (χ2v) is 4.55. The van der Waals surface area contributed by atoms with E-state index < -0.39 is 5.97 Å². The molecule has 0 atom stereocenters. The van der Waals surface area contributed by atoms with Gasteiger partial charge in [0, 0.05) is 6.08 Å². The van der Waals surface area contributed by atoms with Crippen LogP contribution in [0.25, 0.3) is 5.57 Å². The van der Waals surface area contributed by atoms with Crippen molar-refractivity contribution in [3.8, 4) is 5.75 Å². The van der Waals surface area contributed by atoms with Crippen molar-refractivity contribution in [1.29, 1.82) is 0 Å². The first-order chi connectivity index (χ1) is 8.49. The average Bonchev–Trinajstić information content (AvgIpc) is 2.27. The SMILES string of the molecule is CCC/C(=C\C(=O)O)c1cc(Cl)c(OC)c(Cl)c1. The Hall–Kier alpha value is -1.19. The number of rotatable bonds is 5. The van der Waals surface area contributed by atoms with E-state index in [0.29, 0.717) is 33.4 Å². The molecule has 3 nitrogen and oxygen atoms in total. The summed E-state index contributed by atoms with van der Waals surface area (Å²) in [5, 5.41) is 9.58. The summed E-state index contributed by atoms with van der Waals surface area (Å²) in [6.45, 7) is 1.97. The Bertz CT molecular complexity index is 458. The second kappa shape index (κ2) is 6.66. The molecule has 0 saturated heterocycles. The fourth-order valence-electron chi connectivity index (χ4n) is 1.66. The van der Waals surface area contributed by atoms with Gasteiger partial charge in [0.2, 0.25) is 0 Å². The van der Waals surface area contributed by atoms with Crippen LogP contribution in [-0.2, 0) is 4.79 Å². The molecule has 0 aliphatic carbocycles. The number of carboxylic acids is 1. The number of carboxylic acid groups (broad SMARTS) is 1. The highest BCUT2D eigenvalue weighted by molar-refractivity contribution is 6.37. The first-order valence-corrected chi connectivity index (χ1v) is 6.22. The van der Waals surface area contributed by atoms with E-state index in [-0.39, 0.29) is 0 Å². The predicted octanol–water partition coefficient (Wildman–Crippen LogP) is 4.27. The molecule has 0 spiro atoms. The molecule has 0 bridgehead atoms. The van der Waals surface area contributed by atoms with Crippen LogP contribution in [-0.4, -0.2) is 18.2 Å². The standard InChI is InChI=1S/C13H14Cl2O3/c1-3-4-8(7-12(16)17)9-5-10(14)13(18-2)11(15)6-9/h5-7H,3-4H2,1-2H3,(H,16,17)/b8-7+. The molecule has 1 N–H and O–H groups in total. The lowest BCUT2D eigenvalue weighted by molar-refractivity contribution is -0.131. The van der Waals surface area contributed by atoms with Crippen molar-refractivity contribution < 1.29 is 14.6 Å². The van der Waals surface area contributed by atoms with E-state index in [1.807, 2.05) is 6.92 Å². The Morgan fingerprint density at radius 3 is 2.33 bits per heavy atom. The fraction of sp³-hybridized carbons (Fsp3) is 0.308. The number of benzene rings is 1. The van der Waals surface area contributed by atoms with Crippen molar-refractivity contribution in [2.75, 3.05) is 7.11 Å². The lowest BCUT2D eigenvalue weighted by Gasteiger charge is -2.11. The average molecular weight is 289 g/mol. The van der Waals surface area contributed by atoms with Crippen molar-refractivity contribution in [2.45, 2.75) is 19.8 Å². The first-order valence-electron chi connectivity index (χ1n) is 5.46. The lowest BCUT2D eigenvalue weighted by atomic mass is 10.0. The van der Waals surface area contributed by atoms with Crippen LogP contribution in [0.4, 0.5) is 0 Å². The zero-order valence-corrected chi connectivity index (χ0v) is 11.7. The maximum atomic E-state index is 10.8. The van der Waals surface area contributed by atoms with Crippen molar-refractivity contribution in [2.24, 2.45) is 0 Å². The number of aliphatic carboxylic acids is 1. The highest BCUT2D eigenvalue weighted by Gasteiger charge is 2.11. The molecular formula is C13H14Cl2O3. The molecule has 1 aromatic rings. The minimum absolute atomic E-state index is 0.368. The van der Waals surface area contributed by atoms with Gasteiger partial charge in [-0.3, -0.25) is 0 Å². The summed E-state index contributed by atoms with van der Waals surface area (Å²) in [5.41, 5.74) is 1.39. The molecule has 98 valence electrons. The molecule has 0 aliphatic heterocycles. The summed E-state index contributed by atoms with van der Waals surface area (Å²) in [7, 11) is 1.48.